The van der Waals surface area contributed by atoms with E-state index in [1.54, 1.807) is 0 Å². The maximum absolute atomic E-state index is 5.75. The van der Waals surface area contributed by atoms with Crippen LogP contribution in [0.1, 0.15) is 0 Å². The third kappa shape index (κ3) is 1.93. The summed E-state index contributed by atoms with van der Waals surface area (Å²) in [6.45, 7) is 0. The summed E-state index contributed by atoms with van der Waals surface area (Å²) in [6.07, 6.45) is 0. The predicted octanol–water partition coefficient (Wildman–Crippen LogP) is 4.17. The third-order valence-electron chi connectivity index (χ3n) is 2.92. The molecule has 0 amide bonds. The predicted molar refractivity (Wildman–Crippen MR) is 82.2 cm³/mol. The Morgan fingerprint density at radius 1 is 1.10 bits per heavy atom. The summed E-state index contributed by atoms with van der Waals surface area (Å²) in [4.78, 5) is 4.45. The molecule has 0 aliphatic rings. The van der Waals surface area contributed by atoms with Crippen LogP contribution in [0.4, 0.5) is 5.69 Å². The Hall–Kier alpha value is -2.05. The number of benzene rings is 2. The summed E-state index contributed by atoms with van der Waals surface area (Å²) in [7, 11) is 0. The average molecular weight is 299 g/mol. The monoisotopic (exact) mass is 299 g/mol. The second-order valence-electron chi connectivity index (χ2n) is 4.30. The van der Waals surface area contributed by atoms with Gasteiger partial charge in [0.25, 0.3) is 5.22 Å². The van der Waals surface area contributed by atoms with Crippen molar-refractivity contribution in [3.63, 3.8) is 0 Å². The number of nitrogens with zero attached hydrogens (tertiary/aromatic N) is 2. The summed E-state index contributed by atoms with van der Waals surface area (Å²) < 4.78 is 11.2. The third-order valence-corrected chi connectivity index (χ3v) is 4.82. The quantitative estimate of drug-likeness (QED) is 0.563. The molecule has 0 saturated carbocycles. The van der Waals surface area contributed by atoms with E-state index in [0.717, 1.165) is 26.2 Å². The molecule has 0 radical (unpaired) electrons. The smallest absolute Gasteiger partial charge is 0.262 e. The minimum atomic E-state index is 0.611. The summed E-state index contributed by atoms with van der Waals surface area (Å²) in [6, 6.07) is 13.5. The van der Waals surface area contributed by atoms with E-state index in [1.807, 2.05) is 36.4 Å². The molecule has 20 heavy (non-hydrogen) atoms. The van der Waals surface area contributed by atoms with Crippen LogP contribution in [0, 0.1) is 0 Å². The van der Waals surface area contributed by atoms with Gasteiger partial charge in [0.1, 0.15) is 5.52 Å². The highest BCUT2D eigenvalue weighted by Gasteiger charge is 2.12. The molecule has 4 rings (SSSR count). The van der Waals surface area contributed by atoms with Gasteiger partial charge < -0.3 is 10.2 Å². The lowest BCUT2D eigenvalue weighted by Gasteiger charge is -1.92. The molecule has 0 atom stereocenters. The van der Waals surface area contributed by atoms with Gasteiger partial charge in [0.05, 0.1) is 9.73 Å². The molecule has 0 fully saturated rings. The summed E-state index contributed by atoms with van der Waals surface area (Å²) in [5, 5.41) is 1.74. The topological polar surface area (TPSA) is 64.9 Å². The second-order valence-corrected chi connectivity index (χ2v) is 6.29. The Morgan fingerprint density at radius 3 is 2.95 bits per heavy atom. The van der Waals surface area contributed by atoms with Crippen molar-refractivity contribution in [1.82, 2.24) is 9.36 Å². The zero-order chi connectivity index (χ0) is 13.5. The van der Waals surface area contributed by atoms with E-state index >= 15 is 0 Å². The Morgan fingerprint density at radius 2 is 2.00 bits per heavy atom. The standard InChI is InChI=1S/C14H9N3OS2/c15-8-5-6-12-11(7-8)16-14(18-12)19-13-9-3-1-2-4-10(9)17-20-13/h1-7H,15H2. The van der Waals surface area contributed by atoms with Gasteiger partial charge in [-0.1, -0.05) is 18.2 Å². The van der Waals surface area contributed by atoms with Crippen LogP contribution in [0.15, 0.2) is 56.3 Å². The fourth-order valence-electron chi connectivity index (χ4n) is 1.99. The molecule has 0 aliphatic carbocycles. The number of anilines is 1. The van der Waals surface area contributed by atoms with Crippen LogP contribution in [-0.2, 0) is 0 Å². The SMILES string of the molecule is Nc1ccc2oc(Sc3snc4ccccc34)nc2c1. The Labute approximate surface area is 122 Å². The van der Waals surface area contributed by atoms with Crippen LogP contribution in [0.25, 0.3) is 22.0 Å². The number of nitrogens with two attached hydrogens (primary N) is 1. The zero-order valence-corrected chi connectivity index (χ0v) is 11.9. The van der Waals surface area contributed by atoms with E-state index in [0.29, 0.717) is 10.9 Å². The fourth-order valence-corrected chi connectivity index (χ4v) is 3.79. The molecule has 2 aromatic carbocycles. The lowest BCUT2D eigenvalue weighted by Crippen LogP contribution is -1.82. The Kier molecular flexibility index (Phi) is 2.64. The van der Waals surface area contributed by atoms with Gasteiger partial charge >= 0.3 is 0 Å². The molecule has 0 bridgehead atoms. The highest BCUT2D eigenvalue weighted by Crippen LogP contribution is 2.37. The number of rotatable bonds is 2. The molecule has 0 aliphatic heterocycles. The number of hydrogen-bond acceptors (Lipinski definition) is 6. The van der Waals surface area contributed by atoms with Gasteiger partial charge in [0.15, 0.2) is 5.58 Å². The van der Waals surface area contributed by atoms with Crippen LogP contribution in [-0.4, -0.2) is 9.36 Å². The molecular weight excluding hydrogens is 290 g/mol. The number of oxazole rings is 1. The van der Waals surface area contributed by atoms with Gasteiger partial charge in [0.2, 0.25) is 0 Å². The molecule has 98 valence electrons. The van der Waals surface area contributed by atoms with E-state index < -0.39 is 0 Å². The van der Waals surface area contributed by atoms with E-state index in [4.69, 9.17) is 10.2 Å². The van der Waals surface area contributed by atoms with Crippen LogP contribution in [0.3, 0.4) is 0 Å². The van der Waals surface area contributed by atoms with Crippen LogP contribution < -0.4 is 5.73 Å². The van der Waals surface area contributed by atoms with E-state index in [-0.39, 0.29) is 0 Å². The molecule has 4 aromatic rings. The van der Waals surface area contributed by atoms with Crippen molar-refractivity contribution in [2.75, 3.05) is 5.73 Å². The first-order chi connectivity index (χ1) is 9.79. The van der Waals surface area contributed by atoms with Gasteiger partial charge in [-0.05, 0) is 47.6 Å². The molecule has 0 saturated heterocycles. The van der Waals surface area contributed by atoms with Crippen molar-refractivity contribution in [3.05, 3.63) is 42.5 Å². The lowest BCUT2D eigenvalue weighted by atomic mass is 10.3. The highest BCUT2D eigenvalue weighted by atomic mass is 32.2. The maximum Gasteiger partial charge on any atom is 0.262 e. The van der Waals surface area contributed by atoms with Gasteiger partial charge in [0, 0.05) is 11.1 Å². The number of nitrogen functional groups attached to an aromatic ring is 1. The summed E-state index contributed by atoms with van der Waals surface area (Å²) >= 11 is 2.95. The van der Waals surface area contributed by atoms with Crippen molar-refractivity contribution < 1.29 is 4.42 Å². The summed E-state index contributed by atoms with van der Waals surface area (Å²) in [5.41, 5.74) is 8.96. The molecule has 6 heteroatoms. The van der Waals surface area contributed by atoms with Crippen molar-refractivity contribution in [2.45, 2.75) is 9.43 Å². The minimum Gasteiger partial charge on any atom is -0.431 e. The lowest BCUT2D eigenvalue weighted by molar-refractivity contribution is 0.490. The first kappa shape index (κ1) is 11.7. The van der Waals surface area contributed by atoms with E-state index in [2.05, 4.69) is 15.4 Å². The van der Waals surface area contributed by atoms with Crippen molar-refractivity contribution in [1.29, 1.82) is 0 Å². The van der Waals surface area contributed by atoms with Gasteiger partial charge in [-0.15, -0.1) is 0 Å². The van der Waals surface area contributed by atoms with E-state index in [9.17, 15) is 0 Å². The van der Waals surface area contributed by atoms with Gasteiger partial charge in [-0.25, -0.2) is 4.98 Å². The first-order valence-electron chi connectivity index (χ1n) is 5.98. The number of fused-ring (bicyclic) bond motifs is 2. The molecule has 2 aromatic heterocycles. The molecule has 2 heterocycles. The van der Waals surface area contributed by atoms with Gasteiger partial charge in [-0.3, -0.25) is 0 Å². The van der Waals surface area contributed by atoms with Crippen LogP contribution in [0.2, 0.25) is 0 Å². The zero-order valence-electron chi connectivity index (χ0n) is 10.2. The van der Waals surface area contributed by atoms with Crippen LogP contribution in [0.5, 0.6) is 0 Å². The summed E-state index contributed by atoms with van der Waals surface area (Å²) in [5.74, 6) is 0. The largest absolute Gasteiger partial charge is 0.431 e. The second kappa shape index (κ2) is 4.50. The number of aromatic nitrogens is 2. The fraction of sp³-hybridized carbons (Fsp3) is 0. The van der Waals surface area contributed by atoms with Crippen molar-refractivity contribution in [3.8, 4) is 0 Å². The average Bonchev–Trinajstić information content (AvgIpc) is 3.03. The van der Waals surface area contributed by atoms with Gasteiger partial charge in [-0.2, -0.15) is 4.37 Å². The Balaban J connectivity index is 1.76. The minimum absolute atomic E-state index is 0.611. The normalized spacial score (nSPS) is 11.4. The first-order valence-corrected chi connectivity index (χ1v) is 7.57. The molecule has 0 spiro atoms. The number of hydrogen-bond donors (Lipinski definition) is 1. The maximum atomic E-state index is 5.75. The van der Waals surface area contributed by atoms with Crippen molar-refractivity contribution in [2.24, 2.45) is 0 Å². The van der Waals surface area contributed by atoms with E-state index in [1.165, 1.54) is 23.3 Å². The van der Waals surface area contributed by atoms with Crippen LogP contribution >= 0.6 is 23.3 Å². The molecule has 2 N–H and O–H groups in total. The Bertz CT molecular complexity index is 913. The molecule has 0 unspecified atom stereocenters. The molecule has 4 nitrogen and oxygen atoms in total. The highest BCUT2D eigenvalue weighted by molar-refractivity contribution is 8.01. The molecular formula is C14H9N3OS2. The van der Waals surface area contributed by atoms with Crippen molar-refractivity contribution >= 4 is 51.0 Å².